The molecular weight excluding hydrogens is 538 g/mol. The van der Waals surface area contributed by atoms with Gasteiger partial charge in [0.1, 0.15) is 29.3 Å². The van der Waals surface area contributed by atoms with Crippen LogP contribution in [0.25, 0.3) is 21.1 Å². The minimum absolute atomic E-state index is 0.00147. The first kappa shape index (κ1) is 27.4. The number of thiophene rings is 1. The second-order valence-electron chi connectivity index (χ2n) is 11.4. The standard InChI is InChI=1S/C30H37N7O3S/c1-37(2)30(39)19-8-9-21-25(14-19)41-29-27(21)28(32-17-33-29)35-23-13-20-16-34-36-22(20)15-24(23)40-11-10-31-26(38)12-18-6-4-3-5-7-18/h13,15-19H,3-12,14H2,1-2H3,(H,31,38)(H,34,36)(H,32,33,35)/t19-/m0/s1. The fourth-order valence-corrected chi connectivity index (χ4v) is 7.44. The zero-order valence-electron chi connectivity index (χ0n) is 23.7. The number of rotatable bonds is 9. The number of carbonyl (C=O) groups excluding carboxylic acids is 2. The third-order valence-electron chi connectivity index (χ3n) is 8.31. The van der Waals surface area contributed by atoms with Crippen molar-refractivity contribution in [1.29, 1.82) is 0 Å². The van der Waals surface area contributed by atoms with Gasteiger partial charge in [0.15, 0.2) is 0 Å². The number of nitrogens with one attached hydrogen (secondary N) is 3. The lowest BCUT2D eigenvalue weighted by Crippen LogP contribution is -2.32. The Balaban J connectivity index is 1.18. The SMILES string of the molecule is CN(C)C(=O)[C@H]1CCc2c(sc3ncnc(Nc4cc5cn[nH]c5cc4OCCNC(=O)CC4CCCCC4)c23)C1. The number of aromatic amines is 1. The summed E-state index contributed by atoms with van der Waals surface area (Å²) in [6.45, 7) is 0.785. The van der Waals surface area contributed by atoms with E-state index in [9.17, 15) is 9.59 Å². The third-order valence-corrected chi connectivity index (χ3v) is 9.47. The smallest absolute Gasteiger partial charge is 0.225 e. The number of hydrogen-bond acceptors (Lipinski definition) is 8. The Labute approximate surface area is 243 Å². The van der Waals surface area contributed by atoms with E-state index in [1.807, 2.05) is 26.2 Å². The van der Waals surface area contributed by atoms with Gasteiger partial charge < -0.3 is 20.3 Å². The molecule has 41 heavy (non-hydrogen) atoms. The lowest BCUT2D eigenvalue weighted by Gasteiger charge is -2.24. The monoisotopic (exact) mass is 575 g/mol. The van der Waals surface area contributed by atoms with Crippen LogP contribution in [-0.2, 0) is 22.4 Å². The molecular formula is C30H37N7O3S. The summed E-state index contributed by atoms with van der Waals surface area (Å²) in [4.78, 5) is 38.1. The number of ether oxygens (including phenoxy) is 1. The van der Waals surface area contributed by atoms with Gasteiger partial charge in [-0.2, -0.15) is 5.10 Å². The molecule has 1 saturated carbocycles. The maximum Gasteiger partial charge on any atom is 0.225 e. The predicted octanol–water partition coefficient (Wildman–Crippen LogP) is 4.97. The maximum atomic E-state index is 12.6. The van der Waals surface area contributed by atoms with E-state index in [2.05, 4.69) is 30.8 Å². The zero-order chi connectivity index (χ0) is 28.3. The highest BCUT2D eigenvalue weighted by atomic mass is 32.1. The first-order chi connectivity index (χ1) is 20.0. The predicted molar refractivity (Wildman–Crippen MR) is 161 cm³/mol. The number of fused-ring (bicyclic) bond motifs is 4. The van der Waals surface area contributed by atoms with Crippen LogP contribution in [0.1, 0.15) is 55.4 Å². The summed E-state index contributed by atoms with van der Waals surface area (Å²) in [5.41, 5.74) is 2.86. The number of amides is 2. The van der Waals surface area contributed by atoms with E-state index in [0.717, 1.165) is 64.7 Å². The highest BCUT2D eigenvalue weighted by molar-refractivity contribution is 7.19. The third kappa shape index (κ3) is 6.00. The Kier molecular flexibility index (Phi) is 8.04. The van der Waals surface area contributed by atoms with E-state index in [-0.39, 0.29) is 17.7 Å². The van der Waals surface area contributed by atoms with E-state index in [0.29, 0.717) is 31.2 Å². The number of hydrogen-bond donors (Lipinski definition) is 3. The second-order valence-corrected chi connectivity index (χ2v) is 12.5. The number of anilines is 2. The second kappa shape index (κ2) is 12.0. The van der Waals surface area contributed by atoms with Crippen LogP contribution in [0.15, 0.2) is 24.7 Å². The molecule has 1 fully saturated rings. The molecule has 0 spiro atoms. The Morgan fingerprint density at radius 1 is 1.15 bits per heavy atom. The molecule has 0 saturated heterocycles. The van der Waals surface area contributed by atoms with Gasteiger partial charge in [-0.15, -0.1) is 11.3 Å². The molecule has 3 N–H and O–H groups in total. The van der Waals surface area contributed by atoms with Crippen molar-refractivity contribution in [3.63, 3.8) is 0 Å². The highest BCUT2D eigenvalue weighted by Crippen LogP contribution is 2.42. The van der Waals surface area contributed by atoms with Crippen molar-refractivity contribution in [3.05, 3.63) is 35.1 Å². The molecule has 1 atom stereocenters. The number of aromatic nitrogens is 4. The van der Waals surface area contributed by atoms with Crippen molar-refractivity contribution in [1.82, 2.24) is 30.4 Å². The number of benzene rings is 1. The summed E-state index contributed by atoms with van der Waals surface area (Å²) in [5, 5.41) is 15.7. The van der Waals surface area contributed by atoms with Crippen LogP contribution in [0.4, 0.5) is 11.5 Å². The molecule has 6 rings (SSSR count). The van der Waals surface area contributed by atoms with Gasteiger partial charge in [-0.25, -0.2) is 9.97 Å². The fraction of sp³-hybridized carbons (Fsp3) is 0.500. The van der Waals surface area contributed by atoms with Crippen molar-refractivity contribution < 1.29 is 14.3 Å². The van der Waals surface area contributed by atoms with Crippen molar-refractivity contribution in [2.75, 3.05) is 32.6 Å². The zero-order valence-corrected chi connectivity index (χ0v) is 24.5. The largest absolute Gasteiger partial charge is 0.489 e. The normalized spacial score (nSPS) is 17.4. The van der Waals surface area contributed by atoms with Crippen LogP contribution >= 0.6 is 11.3 Å². The first-order valence-corrected chi connectivity index (χ1v) is 15.4. The fourth-order valence-electron chi connectivity index (χ4n) is 6.17. The van der Waals surface area contributed by atoms with Crippen molar-refractivity contribution in [3.8, 4) is 5.75 Å². The average Bonchev–Trinajstić information content (AvgIpc) is 3.59. The van der Waals surface area contributed by atoms with Gasteiger partial charge >= 0.3 is 0 Å². The summed E-state index contributed by atoms with van der Waals surface area (Å²) in [6, 6.07) is 3.92. The molecule has 0 unspecified atom stereocenters. The number of aryl methyl sites for hydroxylation is 1. The van der Waals surface area contributed by atoms with E-state index < -0.39 is 0 Å². The van der Waals surface area contributed by atoms with Gasteiger partial charge in [0.25, 0.3) is 0 Å². The van der Waals surface area contributed by atoms with E-state index in [4.69, 9.17) is 4.74 Å². The molecule has 3 aromatic heterocycles. The molecule has 0 radical (unpaired) electrons. The van der Waals surface area contributed by atoms with Crippen molar-refractivity contribution in [2.45, 2.75) is 57.8 Å². The Bertz CT molecular complexity index is 1560. The molecule has 216 valence electrons. The maximum absolute atomic E-state index is 12.6. The Morgan fingerprint density at radius 2 is 2.00 bits per heavy atom. The van der Waals surface area contributed by atoms with Crippen LogP contribution in [0.2, 0.25) is 0 Å². The molecule has 2 aliphatic rings. The van der Waals surface area contributed by atoms with E-state index in [1.165, 1.54) is 29.7 Å². The molecule has 10 nitrogen and oxygen atoms in total. The summed E-state index contributed by atoms with van der Waals surface area (Å²) in [7, 11) is 3.64. The Hall–Kier alpha value is -3.73. The summed E-state index contributed by atoms with van der Waals surface area (Å²) >= 11 is 1.65. The molecule has 11 heteroatoms. The van der Waals surface area contributed by atoms with E-state index >= 15 is 0 Å². The minimum atomic E-state index is 0.00147. The van der Waals surface area contributed by atoms with Gasteiger partial charge in [-0.05, 0) is 49.7 Å². The number of H-pyrrole nitrogens is 1. The number of nitrogens with zero attached hydrogens (tertiary/aromatic N) is 4. The molecule has 2 amide bonds. The number of carbonyl (C=O) groups is 2. The van der Waals surface area contributed by atoms with Gasteiger partial charge in [0.05, 0.1) is 29.3 Å². The molecule has 0 aliphatic heterocycles. The van der Waals surface area contributed by atoms with Gasteiger partial charge in [0.2, 0.25) is 11.8 Å². The van der Waals surface area contributed by atoms with Crippen LogP contribution in [-0.4, -0.2) is 64.1 Å². The molecule has 2 aliphatic carbocycles. The topological polar surface area (TPSA) is 125 Å². The van der Waals surface area contributed by atoms with Crippen LogP contribution < -0.4 is 15.4 Å². The van der Waals surface area contributed by atoms with Crippen molar-refractivity contribution >= 4 is 55.8 Å². The van der Waals surface area contributed by atoms with Gasteiger partial charge in [-0.1, -0.05) is 19.3 Å². The molecule has 1 aromatic carbocycles. The van der Waals surface area contributed by atoms with Crippen LogP contribution in [0, 0.1) is 11.8 Å². The van der Waals surface area contributed by atoms with Crippen molar-refractivity contribution in [2.24, 2.45) is 11.8 Å². The lowest BCUT2D eigenvalue weighted by atomic mass is 9.87. The summed E-state index contributed by atoms with van der Waals surface area (Å²) in [6.07, 6.45) is 12.4. The van der Waals surface area contributed by atoms with Crippen LogP contribution in [0.3, 0.4) is 0 Å². The molecule has 0 bridgehead atoms. The van der Waals surface area contributed by atoms with Gasteiger partial charge in [-0.3, -0.25) is 14.7 Å². The Morgan fingerprint density at radius 3 is 2.83 bits per heavy atom. The average molecular weight is 576 g/mol. The van der Waals surface area contributed by atoms with E-state index in [1.54, 1.807) is 28.8 Å². The van der Waals surface area contributed by atoms with Gasteiger partial charge in [0, 0.05) is 42.8 Å². The summed E-state index contributed by atoms with van der Waals surface area (Å²) in [5.74, 6) is 2.16. The summed E-state index contributed by atoms with van der Waals surface area (Å²) < 4.78 is 6.19. The lowest BCUT2D eigenvalue weighted by molar-refractivity contribution is -0.133. The quantitative estimate of drug-likeness (QED) is 0.241. The molecule has 3 heterocycles. The minimum Gasteiger partial charge on any atom is -0.489 e. The molecule has 4 aromatic rings. The highest BCUT2D eigenvalue weighted by Gasteiger charge is 2.30. The first-order valence-electron chi connectivity index (χ1n) is 14.6. The van der Waals surface area contributed by atoms with Crippen LogP contribution in [0.5, 0.6) is 5.75 Å².